The smallest absolute Gasteiger partial charge is 0.237 e. The summed E-state index contributed by atoms with van der Waals surface area (Å²) >= 11 is 0. The van der Waals surface area contributed by atoms with Crippen LogP contribution in [-0.4, -0.2) is 37.6 Å². The molecule has 2 rings (SSSR count). The van der Waals surface area contributed by atoms with Gasteiger partial charge >= 0.3 is 0 Å². The van der Waals surface area contributed by atoms with Gasteiger partial charge in [0, 0.05) is 12.6 Å². The van der Waals surface area contributed by atoms with Crippen LogP contribution in [0.3, 0.4) is 0 Å². The van der Waals surface area contributed by atoms with E-state index in [0.717, 1.165) is 38.9 Å². The Bertz CT molecular complexity index is 196. The van der Waals surface area contributed by atoms with Crippen molar-refractivity contribution in [1.29, 1.82) is 0 Å². The highest BCUT2D eigenvalue weighted by atomic mass is 16.2. The SMILES string of the molecule is O=C(N[C@H]1CCCNC1)C1CCCN1. The molecule has 4 nitrogen and oxygen atoms in total. The van der Waals surface area contributed by atoms with E-state index in [9.17, 15) is 4.79 Å². The van der Waals surface area contributed by atoms with Crippen molar-refractivity contribution in [2.75, 3.05) is 19.6 Å². The highest BCUT2D eigenvalue weighted by Crippen LogP contribution is 2.07. The van der Waals surface area contributed by atoms with Gasteiger partial charge in [-0.3, -0.25) is 4.79 Å². The summed E-state index contributed by atoms with van der Waals surface area (Å²) in [6.07, 6.45) is 4.40. The average molecular weight is 197 g/mol. The normalized spacial score (nSPS) is 32.9. The van der Waals surface area contributed by atoms with E-state index in [1.165, 1.54) is 6.42 Å². The number of rotatable bonds is 2. The van der Waals surface area contributed by atoms with Crippen LogP contribution in [0.1, 0.15) is 25.7 Å². The highest BCUT2D eigenvalue weighted by Gasteiger charge is 2.24. The van der Waals surface area contributed by atoms with Gasteiger partial charge in [-0.2, -0.15) is 0 Å². The first-order valence-corrected chi connectivity index (χ1v) is 5.61. The average Bonchev–Trinajstić information content (AvgIpc) is 2.72. The fourth-order valence-electron chi connectivity index (χ4n) is 2.19. The molecule has 2 saturated heterocycles. The van der Waals surface area contributed by atoms with Gasteiger partial charge in [0.15, 0.2) is 0 Å². The third-order valence-electron chi connectivity index (χ3n) is 3.02. The van der Waals surface area contributed by atoms with Gasteiger partial charge in [0.2, 0.25) is 5.91 Å². The summed E-state index contributed by atoms with van der Waals surface area (Å²) in [7, 11) is 0. The van der Waals surface area contributed by atoms with Gasteiger partial charge in [0.1, 0.15) is 0 Å². The van der Waals surface area contributed by atoms with Crippen LogP contribution in [0.25, 0.3) is 0 Å². The van der Waals surface area contributed by atoms with Crippen molar-refractivity contribution in [2.45, 2.75) is 37.8 Å². The van der Waals surface area contributed by atoms with E-state index in [0.29, 0.717) is 6.04 Å². The van der Waals surface area contributed by atoms with Gasteiger partial charge < -0.3 is 16.0 Å². The van der Waals surface area contributed by atoms with E-state index >= 15 is 0 Å². The summed E-state index contributed by atoms with van der Waals surface area (Å²) in [6, 6.07) is 0.413. The first-order chi connectivity index (χ1) is 6.86. The predicted octanol–water partition coefficient (Wildman–Crippen LogP) is -0.393. The van der Waals surface area contributed by atoms with Gasteiger partial charge in [0.05, 0.1) is 6.04 Å². The van der Waals surface area contributed by atoms with Gasteiger partial charge in [-0.1, -0.05) is 0 Å². The molecule has 1 amide bonds. The molecule has 2 aliphatic heterocycles. The molecule has 80 valence electrons. The fraction of sp³-hybridized carbons (Fsp3) is 0.900. The second-order valence-electron chi connectivity index (χ2n) is 4.20. The van der Waals surface area contributed by atoms with E-state index in [-0.39, 0.29) is 11.9 Å². The number of carbonyl (C=O) groups is 1. The zero-order valence-corrected chi connectivity index (χ0v) is 8.51. The first-order valence-electron chi connectivity index (χ1n) is 5.61. The van der Waals surface area contributed by atoms with Gasteiger partial charge in [-0.05, 0) is 38.8 Å². The molecule has 4 heteroatoms. The third-order valence-corrected chi connectivity index (χ3v) is 3.02. The molecule has 2 fully saturated rings. The van der Waals surface area contributed by atoms with Crippen LogP contribution in [0.4, 0.5) is 0 Å². The van der Waals surface area contributed by atoms with Crippen LogP contribution in [0.5, 0.6) is 0 Å². The number of hydrogen-bond acceptors (Lipinski definition) is 3. The molecule has 0 aromatic heterocycles. The minimum atomic E-state index is 0.0666. The van der Waals surface area contributed by atoms with Crippen LogP contribution >= 0.6 is 0 Å². The molecular weight excluding hydrogens is 178 g/mol. The first kappa shape index (κ1) is 9.93. The summed E-state index contributed by atoms with van der Waals surface area (Å²) in [6.45, 7) is 3.01. The van der Waals surface area contributed by atoms with Crippen molar-refractivity contribution < 1.29 is 4.79 Å². The largest absolute Gasteiger partial charge is 0.351 e. The lowest BCUT2D eigenvalue weighted by atomic mass is 10.1. The number of carbonyl (C=O) groups excluding carboxylic acids is 1. The Balaban J connectivity index is 1.75. The Kier molecular flexibility index (Phi) is 3.37. The van der Waals surface area contributed by atoms with Gasteiger partial charge in [-0.15, -0.1) is 0 Å². The number of amides is 1. The van der Waals surface area contributed by atoms with Crippen molar-refractivity contribution in [3.63, 3.8) is 0 Å². The number of hydrogen-bond donors (Lipinski definition) is 3. The Morgan fingerprint density at radius 3 is 2.71 bits per heavy atom. The molecule has 0 bridgehead atoms. The Morgan fingerprint density at radius 1 is 1.21 bits per heavy atom. The Morgan fingerprint density at radius 2 is 2.07 bits per heavy atom. The van der Waals surface area contributed by atoms with E-state index in [1.807, 2.05) is 0 Å². The van der Waals surface area contributed by atoms with Crippen molar-refractivity contribution in [1.82, 2.24) is 16.0 Å². The van der Waals surface area contributed by atoms with Gasteiger partial charge in [-0.25, -0.2) is 0 Å². The minimum Gasteiger partial charge on any atom is -0.351 e. The lowest BCUT2D eigenvalue weighted by Gasteiger charge is -2.25. The monoisotopic (exact) mass is 197 g/mol. The van der Waals surface area contributed by atoms with Crippen LogP contribution in [-0.2, 0) is 4.79 Å². The minimum absolute atomic E-state index is 0.0666. The van der Waals surface area contributed by atoms with Crippen molar-refractivity contribution in [3.8, 4) is 0 Å². The second-order valence-corrected chi connectivity index (χ2v) is 4.20. The third kappa shape index (κ3) is 2.45. The van der Waals surface area contributed by atoms with E-state index in [1.54, 1.807) is 0 Å². The molecule has 0 spiro atoms. The molecule has 2 heterocycles. The highest BCUT2D eigenvalue weighted by molar-refractivity contribution is 5.82. The summed E-state index contributed by atoms with van der Waals surface area (Å²) in [5, 5.41) is 9.61. The maximum absolute atomic E-state index is 11.7. The molecule has 2 atom stereocenters. The molecule has 0 aliphatic carbocycles. The van der Waals surface area contributed by atoms with E-state index < -0.39 is 0 Å². The number of piperidine rings is 1. The summed E-state index contributed by atoms with van der Waals surface area (Å²) < 4.78 is 0. The van der Waals surface area contributed by atoms with Crippen molar-refractivity contribution in [3.05, 3.63) is 0 Å². The maximum atomic E-state index is 11.7. The molecule has 14 heavy (non-hydrogen) atoms. The second kappa shape index (κ2) is 4.75. The van der Waals surface area contributed by atoms with Crippen LogP contribution in [0, 0.1) is 0 Å². The summed E-state index contributed by atoms with van der Waals surface area (Å²) in [4.78, 5) is 11.7. The zero-order valence-electron chi connectivity index (χ0n) is 8.51. The van der Waals surface area contributed by atoms with Gasteiger partial charge in [0.25, 0.3) is 0 Å². The Hall–Kier alpha value is -0.610. The van der Waals surface area contributed by atoms with Crippen molar-refractivity contribution >= 4 is 5.91 Å². The molecule has 0 radical (unpaired) electrons. The topological polar surface area (TPSA) is 53.2 Å². The molecule has 3 N–H and O–H groups in total. The quantitative estimate of drug-likeness (QED) is 0.565. The van der Waals surface area contributed by atoms with E-state index in [4.69, 9.17) is 0 Å². The maximum Gasteiger partial charge on any atom is 0.237 e. The number of nitrogens with one attached hydrogen (secondary N) is 3. The van der Waals surface area contributed by atoms with E-state index in [2.05, 4.69) is 16.0 Å². The van der Waals surface area contributed by atoms with Crippen LogP contribution in [0.15, 0.2) is 0 Å². The van der Waals surface area contributed by atoms with Crippen LogP contribution in [0.2, 0.25) is 0 Å². The standard InChI is InChI=1S/C10H19N3O/c14-10(9-4-2-6-12-9)13-8-3-1-5-11-7-8/h8-9,11-12H,1-7H2,(H,13,14)/t8-,9?/m0/s1. The van der Waals surface area contributed by atoms with Crippen LogP contribution < -0.4 is 16.0 Å². The molecule has 1 unspecified atom stereocenters. The fourth-order valence-corrected chi connectivity index (χ4v) is 2.19. The lowest BCUT2D eigenvalue weighted by molar-refractivity contribution is -0.123. The van der Waals surface area contributed by atoms with Crippen molar-refractivity contribution in [2.24, 2.45) is 0 Å². The lowest BCUT2D eigenvalue weighted by Crippen LogP contribution is -2.50. The summed E-state index contributed by atoms with van der Waals surface area (Å²) in [5.41, 5.74) is 0. The summed E-state index contributed by atoms with van der Waals surface area (Å²) in [5.74, 6) is 0.191. The molecular formula is C10H19N3O. The molecule has 0 aromatic rings. The molecule has 2 aliphatic rings. The Labute approximate surface area is 84.8 Å². The molecule has 0 aromatic carbocycles. The predicted molar refractivity (Wildman–Crippen MR) is 55.1 cm³/mol. The zero-order chi connectivity index (χ0) is 9.80. The molecule has 0 saturated carbocycles.